The second-order valence-corrected chi connectivity index (χ2v) is 8.51. The van der Waals surface area contributed by atoms with Crippen LogP contribution in [0.1, 0.15) is 52.2 Å². The van der Waals surface area contributed by atoms with Crippen LogP contribution in [0.15, 0.2) is 60.9 Å². The van der Waals surface area contributed by atoms with Gasteiger partial charge in [0.1, 0.15) is 0 Å². The topological polar surface area (TPSA) is 42.4 Å². The van der Waals surface area contributed by atoms with Gasteiger partial charge in [0.05, 0.1) is 12.7 Å². The molecule has 0 N–H and O–H groups in total. The SMILES string of the molecule is COC(=O)c1ccncc1CC[C@@H]1CCCc2cc(N(C)c3ccc(Cl)cc3)ccc21. The molecule has 0 saturated heterocycles. The molecular formula is C26H27ClN2O2. The number of pyridine rings is 1. The fourth-order valence-corrected chi connectivity index (χ4v) is 4.61. The van der Waals surface area contributed by atoms with Crippen molar-refractivity contribution in [2.24, 2.45) is 0 Å². The number of hydrogen-bond donors (Lipinski definition) is 0. The second kappa shape index (κ2) is 9.52. The number of aromatic nitrogens is 1. The van der Waals surface area contributed by atoms with Gasteiger partial charge >= 0.3 is 5.97 Å². The molecule has 1 atom stereocenters. The first-order chi connectivity index (χ1) is 15.1. The number of carbonyl (C=O) groups excluding carboxylic acids is 1. The zero-order valence-electron chi connectivity index (χ0n) is 18.0. The lowest BCUT2D eigenvalue weighted by Gasteiger charge is -2.28. The molecule has 4 nitrogen and oxygen atoms in total. The van der Waals surface area contributed by atoms with E-state index in [2.05, 4.69) is 35.1 Å². The predicted octanol–water partition coefficient (Wildman–Crippen LogP) is 6.34. The van der Waals surface area contributed by atoms with E-state index in [4.69, 9.17) is 16.3 Å². The van der Waals surface area contributed by atoms with Crippen molar-refractivity contribution >= 4 is 28.9 Å². The van der Waals surface area contributed by atoms with Crippen LogP contribution in [0, 0.1) is 0 Å². The van der Waals surface area contributed by atoms with E-state index in [-0.39, 0.29) is 5.97 Å². The number of ether oxygens (including phenoxy) is 1. The smallest absolute Gasteiger partial charge is 0.338 e. The van der Waals surface area contributed by atoms with Crippen molar-refractivity contribution in [2.75, 3.05) is 19.1 Å². The van der Waals surface area contributed by atoms with Gasteiger partial charge in [-0.3, -0.25) is 4.98 Å². The molecule has 5 heteroatoms. The molecule has 3 aromatic rings. The lowest BCUT2D eigenvalue weighted by molar-refractivity contribution is 0.0599. The van der Waals surface area contributed by atoms with Gasteiger partial charge in [0, 0.05) is 35.8 Å². The second-order valence-electron chi connectivity index (χ2n) is 8.07. The summed E-state index contributed by atoms with van der Waals surface area (Å²) in [6, 6.07) is 16.5. The van der Waals surface area contributed by atoms with Crippen LogP contribution >= 0.6 is 11.6 Å². The Bertz CT molecular complexity index is 1070. The number of halogens is 1. The summed E-state index contributed by atoms with van der Waals surface area (Å²) < 4.78 is 4.92. The highest BCUT2D eigenvalue weighted by Crippen LogP contribution is 2.38. The molecule has 0 bridgehead atoms. The van der Waals surface area contributed by atoms with Gasteiger partial charge in [-0.05, 0) is 97.2 Å². The summed E-state index contributed by atoms with van der Waals surface area (Å²) in [6.07, 6.45) is 8.71. The van der Waals surface area contributed by atoms with E-state index in [9.17, 15) is 4.79 Å². The quantitative estimate of drug-likeness (QED) is 0.424. The maximum Gasteiger partial charge on any atom is 0.338 e. The largest absolute Gasteiger partial charge is 0.465 e. The van der Waals surface area contributed by atoms with Gasteiger partial charge in [0.2, 0.25) is 0 Å². The number of hydrogen-bond acceptors (Lipinski definition) is 4. The molecule has 0 fully saturated rings. The highest BCUT2D eigenvalue weighted by Gasteiger charge is 2.22. The number of aryl methyl sites for hydroxylation is 2. The number of nitrogens with zero attached hydrogens (tertiary/aromatic N) is 2. The third-order valence-electron chi connectivity index (χ3n) is 6.24. The average molecular weight is 435 g/mol. The molecule has 4 rings (SSSR count). The van der Waals surface area contributed by atoms with Crippen molar-refractivity contribution in [1.29, 1.82) is 0 Å². The molecule has 0 saturated carbocycles. The molecule has 1 aliphatic carbocycles. The zero-order chi connectivity index (χ0) is 21.8. The Morgan fingerprint density at radius 2 is 1.94 bits per heavy atom. The van der Waals surface area contributed by atoms with E-state index in [1.54, 1.807) is 18.5 Å². The van der Waals surface area contributed by atoms with E-state index in [1.165, 1.54) is 36.8 Å². The Morgan fingerprint density at radius 3 is 2.71 bits per heavy atom. The fourth-order valence-electron chi connectivity index (χ4n) is 4.49. The van der Waals surface area contributed by atoms with Crippen molar-refractivity contribution in [1.82, 2.24) is 4.98 Å². The van der Waals surface area contributed by atoms with Crippen LogP contribution in [0.5, 0.6) is 0 Å². The molecule has 0 unspecified atom stereocenters. The van der Waals surface area contributed by atoms with E-state index in [0.717, 1.165) is 35.5 Å². The zero-order valence-corrected chi connectivity index (χ0v) is 18.7. The first-order valence-electron chi connectivity index (χ1n) is 10.7. The Balaban J connectivity index is 1.51. The third-order valence-corrected chi connectivity index (χ3v) is 6.49. The van der Waals surface area contributed by atoms with Crippen LogP contribution in [0.4, 0.5) is 11.4 Å². The minimum atomic E-state index is -0.295. The van der Waals surface area contributed by atoms with Gasteiger partial charge in [0.15, 0.2) is 0 Å². The van der Waals surface area contributed by atoms with E-state index < -0.39 is 0 Å². The van der Waals surface area contributed by atoms with Gasteiger partial charge < -0.3 is 9.64 Å². The van der Waals surface area contributed by atoms with Crippen molar-refractivity contribution in [3.63, 3.8) is 0 Å². The number of benzene rings is 2. The highest BCUT2D eigenvalue weighted by molar-refractivity contribution is 6.30. The number of carbonyl (C=O) groups is 1. The third kappa shape index (κ3) is 4.75. The molecule has 160 valence electrons. The summed E-state index contributed by atoms with van der Waals surface area (Å²) in [6.45, 7) is 0. The molecule has 0 radical (unpaired) electrons. The van der Waals surface area contributed by atoms with E-state index in [0.29, 0.717) is 11.5 Å². The first kappa shape index (κ1) is 21.4. The molecule has 31 heavy (non-hydrogen) atoms. The summed E-state index contributed by atoms with van der Waals surface area (Å²) in [5, 5.41) is 0.745. The summed E-state index contributed by atoms with van der Waals surface area (Å²) in [5.41, 5.74) is 6.73. The van der Waals surface area contributed by atoms with Crippen LogP contribution in [0.25, 0.3) is 0 Å². The highest BCUT2D eigenvalue weighted by atomic mass is 35.5. The minimum Gasteiger partial charge on any atom is -0.465 e. The monoisotopic (exact) mass is 434 g/mol. The average Bonchev–Trinajstić information content (AvgIpc) is 2.82. The van der Waals surface area contributed by atoms with Crippen LogP contribution in [0.3, 0.4) is 0 Å². The summed E-state index contributed by atoms with van der Waals surface area (Å²) in [7, 11) is 3.50. The fraction of sp³-hybridized carbons (Fsp3) is 0.308. The number of rotatable bonds is 6. The Kier molecular flexibility index (Phi) is 6.57. The number of fused-ring (bicyclic) bond motifs is 1. The molecule has 1 heterocycles. The maximum absolute atomic E-state index is 12.1. The lowest BCUT2D eigenvalue weighted by Crippen LogP contribution is -2.14. The molecule has 0 amide bonds. The van der Waals surface area contributed by atoms with Gasteiger partial charge in [-0.2, -0.15) is 0 Å². The van der Waals surface area contributed by atoms with Gasteiger partial charge in [0.25, 0.3) is 0 Å². The van der Waals surface area contributed by atoms with Gasteiger partial charge in [-0.1, -0.05) is 17.7 Å². The number of methoxy groups -OCH3 is 1. The summed E-state index contributed by atoms with van der Waals surface area (Å²) in [4.78, 5) is 18.5. The summed E-state index contributed by atoms with van der Waals surface area (Å²) in [5.74, 6) is 0.195. The first-order valence-corrected chi connectivity index (χ1v) is 11.1. The molecule has 1 aliphatic rings. The predicted molar refractivity (Wildman–Crippen MR) is 126 cm³/mol. The lowest BCUT2D eigenvalue weighted by atomic mass is 9.79. The van der Waals surface area contributed by atoms with Crippen LogP contribution in [-0.2, 0) is 17.6 Å². The van der Waals surface area contributed by atoms with E-state index >= 15 is 0 Å². The van der Waals surface area contributed by atoms with Crippen molar-refractivity contribution in [3.8, 4) is 0 Å². The van der Waals surface area contributed by atoms with Crippen LogP contribution < -0.4 is 4.90 Å². The Morgan fingerprint density at radius 1 is 1.16 bits per heavy atom. The summed E-state index contributed by atoms with van der Waals surface area (Å²) >= 11 is 6.03. The molecule has 2 aromatic carbocycles. The maximum atomic E-state index is 12.1. The van der Waals surface area contributed by atoms with Crippen LogP contribution in [-0.4, -0.2) is 25.1 Å². The van der Waals surface area contributed by atoms with Crippen molar-refractivity contribution in [3.05, 3.63) is 88.2 Å². The van der Waals surface area contributed by atoms with Crippen molar-refractivity contribution in [2.45, 2.75) is 38.0 Å². The number of anilines is 2. The minimum absolute atomic E-state index is 0.295. The van der Waals surface area contributed by atoms with Crippen molar-refractivity contribution < 1.29 is 9.53 Å². The van der Waals surface area contributed by atoms with E-state index in [1.807, 2.05) is 24.3 Å². The normalized spacial score (nSPS) is 15.3. The molecular weight excluding hydrogens is 408 g/mol. The van der Waals surface area contributed by atoms with Crippen LogP contribution in [0.2, 0.25) is 5.02 Å². The Hall–Kier alpha value is -2.85. The molecule has 0 aliphatic heterocycles. The molecule has 1 aromatic heterocycles. The van der Waals surface area contributed by atoms with Gasteiger partial charge in [-0.15, -0.1) is 0 Å². The Labute approximate surface area is 188 Å². The molecule has 0 spiro atoms. The standard InChI is InChI=1S/C26H27ClN2O2/c1-29(22-10-8-21(27)9-11-22)23-12-13-24-18(4-3-5-19(24)16-23)6-7-20-17-28-15-14-25(20)26(30)31-2/h8-18H,3-7H2,1-2H3/t18-/m0/s1. The van der Waals surface area contributed by atoms with Gasteiger partial charge in [-0.25, -0.2) is 4.79 Å². The number of esters is 1.